The van der Waals surface area contributed by atoms with Crippen LogP contribution in [0.5, 0.6) is 5.75 Å². The average Bonchev–Trinajstić information content (AvgIpc) is 3.25. The SMILES string of the molecule is COc1cccc(CCC(=O)N2CCCC[C@@H]2CCn2cc(C(=O)NC(C)C)nn2)c1. The van der Waals surface area contributed by atoms with Gasteiger partial charge in [-0.05, 0) is 63.6 Å². The number of ether oxygens (including phenoxy) is 1. The van der Waals surface area contributed by atoms with Crippen LogP contribution in [0.2, 0.25) is 0 Å². The number of rotatable bonds is 9. The summed E-state index contributed by atoms with van der Waals surface area (Å²) in [7, 11) is 1.65. The van der Waals surface area contributed by atoms with Crippen molar-refractivity contribution in [2.75, 3.05) is 13.7 Å². The van der Waals surface area contributed by atoms with Gasteiger partial charge in [-0.1, -0.05) is 17.3 Å². The van der Waals surface area contributed by atoms with Gasteiger partial charge in [0.1, 0.15) is 5.75 Å². The minimum atomic E-state index is -0.215. The molecule has 0 aliphatic carbocycles. The third-order valence-corrected chi connectivity index (χ3v) is 5.59. The molecule has 1 saturated heterocycles. The molecule has 1 aliphatic heterocycles. The summed E-state index contributed by atoms with van der Waals surface area (Å²) in [6.07, 6.45) is 6.85. The number of aryl methyl sites for hydroxylation is 2. The molecule has 2 aromatic rings. The Labute approximate surface area is 183 Å². The zero-order valence-electron chi connectivity index (χ0n) is 18.7. The van der Waals surface area contributed by atoms with Crippen molar-refractivity contribution in [1.82, 2.24) is 25.2 Å². The van der Waals surface area contributed by atoms with Crippen LogP contribution in [0, 0.1) is 0 Å². The summed E-state index contributed by atoms with van der Waals surface area (Å²) < 4.78 is 6.97. The lowest BCUT2D eigenvalue weighted by Crippen LogP contribution is -2.44. The number of nitrogens with zero attached hydrogens (tertiary/aromatic N) is 4. The highest BCUT2D eigenvalue weighted by Crippen LogP contribution is 2.22. The van der Waals surface area contributed by atoms with Gasteiger partial charge in [0.05, 0.1) is 13.3 Å². The predicted molar refractivity (Wildman–Crippen MR) is 118 cm³/mol. The Morgan fingerprint density at radius 1 is 1.29 bits per heavy atom. The lowest BCUT2D eigenvalue weighted by Gasteiger charge is -2.36. The molecule has 168 valence electrons. The first-order valence-electron chi connectivity index (χ1n) is 11.1. The molecule has 0 bridgehead atoms. The number of nitrogens with one attached hydrogen (secondary N) is 1. The average molecular weight is 428 g/mol. The van der Waals surface area contributed by atoms with Crippen molar-refractivity contribution in [3.05, 3.63) is 41.7 Å². The quantitative estimate of drug-likeness (QED) is 0.665. The molecule has 1 N–H and O–H groups in total. The van der Waals surface area contributed by atoms with Crippen molar-refractivity contribution in [1.29, 1.82) is 0 Å². The fourth-order valence-corrected chi connectivity index (χ4v) is 3.98. The highest BCUT2D eigenvalue weighted by Gasteiger charge is 2.26. The third kappa shape index (κ3) is 6.54. The molecule has 1 atom stereocenters. The van der Waals surface area contributed by atoms with Crippen LogP contribution < -0.4 is 10.1 Å². The summed E-state index contributed by atoms with van der Waals surface area (Å²) in [4.78, 5) is 27.0. The molecule has 8 nitrogen and oxygen atoms in total. The Balaban J connectivity index is 1.53. The number of likely N-dealkylation sites (tertiary alicyclic amines) is 1. The minimum absolute atomic E-state index is 0.0523. The molecule has 2 amide bonds. The summed E-state index contributed by atoms with van der Waals surface area (Å²) in [6, 6.07) is 8.13. The molecule has 1 fully saturated rings. The van der Waals surface area contributed by atoms with Crippen molar-refractivity contribution < 1.29 is 14.3 Å². The van der Waals surface area contributed by atoms with E-state index in [4.69, 9.17) is 4.74 Å². The van der Waals surface area contributed by atoms with Gasteiger partial charge in [-0.25, -0.2) is 0 Å². The number of amides is 2. The lowest BCUT2D eigenvalue weighted by molar-refractivity contribution is -0.135. The van der Waals surface area contributed by atoms with Crippen LogP contribution in [-0.4, -0.2) is 57.4 Å². The maximum atomic E-state index is 13.0. The van der Waals surface area contributed by atoms with Gasteiger partial charge in [-0.3, -0.25) is 14.3 Å². The number of hydrogen-bond donors (Lipinski definition) is 1. The first-order chi connectivity index (χ1) is 15.0. The number of hydrogen-bond acceptors (Lipinski definition) is 5. The molecule has 31 heavy (non-hydrogen) atoms. The highest BCUT2D eigenvalue weighted by molar-refractivity contribution is 5.91. The van der Waals surface area contributed by atoms with Crippen LogP contribution in [0.15, 0.2) is 30.5 Å². The van der Waals surface area contributed by atoms with Gasteiger partial charge in [0.25, 0.3) is 5.91 Å². The maximum Gasteiger partial charge on any atom is 0.273 e. The molecule has 0 spiro atoms. The van der Waals surface area contributed by atoms with E-state index >= 15 is 0 Å². The van der Waals surface area contributed by atoms with E-state index in [2.05, 4.69) is 15.6 Å². The molecule has 3 rings (SSSR count). The summed E-state index contributed by atoms with van der Waals surface area (Å²) in [5.74, 6) is 0.798. The lowest BCUT2D eigenvalue weighted by atomic mass is 9.98. The van der Waals surface area contributed by atoms with Crippen LogP contribution in [0.4, 0.5) is 0 Å². The van der Waals surface area contributed by atoms with Crippen molar-refractivity contribution in [3.63, 3.8) is 0 Å². The van der Waals surface area contributed by atoms with Crippen molar-refractivity contribution in [3.8, 4) is 5.75 Å². The van der Waals surface area contributed by atoms with Crippen LogP contribution in [0.25, 0.3) is 0 Å². The number of carbonyl (C=O) groups excluding carboxylic acids is 2. The van der Waals surface area contributed by atoms with Gasteiger partial charge >= 0.3 is 0 Å². The fourth-order valence-electron chi connectivity index (χ4n) is 3.98. The molecule has 1 aromatic carbocycles. The van der Waals surface area contributed by atoms with E-state index in [0.717, 1.165) is 43.5 Å². The molecule has 8 heteroatoms. The number of methoxy groups -OCH3 is 1. The monoisotopic (exact) mass is 427 g/mol. The molecular formula is C23H33N5O3. The Kier molecular flexibility index (Phi) is 8.03. The second-order valence-electron chi connectivity index (χ2n) is 8.37. The Morgan fingerprint density at radius 3 is 2.90 bits per heavy atom. The van der Waals surface area contributed by atoms with Crippen molar-refractivity contribution in [2.24, 2.45) is 0 Å². The van der Waals surface area contributed by atoms with Gasteiger partial charge in [-0.2, -0.15) is 0 Å². The van der Waals surface area contributed by atoms with E-state index in [9.17, 15) is 9.59 Å². The van der Waals surface area contributed by atoms with Crippen molar-refractivity contribution >= 4 is 11.8 Å². The van der Waals surface area contributed by atoms with E-state index in [1.807, 2.05) is 43.0 Å². The number of benzene rings is 1. The maximum absolute atomic E-state index is 13.0. The van der Waals surface area contributed by atoms with Gasteiger partial charge in [0.2, 0.25) is 5.91 Å². The normalized spacial score (nSPS) is 16.4. The first kappa shape index (κ1) is 22.8. The summed E-state index contributed by atoms with van der Waals surface area (Å²) in [6.45, 7) is 5.25. The Morgan fingerprint density at radius 2 is 2.13 bits per heavy atom. The van der Waals surface area contributed by atoms with E-state index in [0.29, 0.717) is 25.1 Å². The Hall–Kier alpha value is -2.90. The van der Waals surface area contributed by atoms with E-state index < -0.39 is 0 Å². The topological polar surface area (TPSA) is 89.4 Å². The van der Waals surface area contributed by atoms with E-state index in [-0.39, 0.29) is 23.9 Å². The summed E-state index contributed by atoms with van der Waals surface area (Å²) in [5, 5.41) is 10.9. The third-order valence-electron chi connectivity index (χ3n) is 5.59. The first-order valence-corrected chi connectivity index (χ1v) is 11.1. The smallest absolute Gasteiger partial charge is 0.273 e. The van der Waals surface area contributed by atoms with Crippen LogP contribution >= 0.6 is 0 Å². The van der Waals surface area contributed by atoms with Gasteiger partial charge in [0.15, 0.2) is 5.69 Å². The second-order valence-corrected chi connectivity index (χ2v) is 8.37. The molecule has 1 aliphatic rings. The van der Waals surface area contributed by atoms with Gasteiger partial charge in [0, 0.05) is 31.6 Å². The van der Waals surface area contributed by atoms with Crippen LogP contribution in [0.3, 0.4) is 0 Å². The van der Waals surface area contributed by atoms with E-state index in [1.165, 1.54) is 0 Å². The molecule has 1 aromatic heterocycles. The molecule has 0 radical (unpaired) electrons. The molecule has 0 saturated carbocycles. The zero-order chi connectivity index (χ0) is 22.2. The fraction of sp³-hybridized carbons (Fsp3) is 0.565. The van der Waals surface area contributed by atoms with E-state index in [1.54, 1.807) is 18.0 Å². The Bertz CT molecular complexity index is 880. The molecular weight excluding hydrogens is 394 g/mol. The molecule has 0 unspecified atom stereocenters. The van der Waals surface area contributed by atoms with Crippen LogP contribution in [0.1, 0.15) is 62.0 Å². The highest BCUT2D eigenvalue weighted by atomic mass is 16.5. The predicted octanol–water partition coefficient (Wildman–Crippen LogP) is 2.83. The number of piperidine rings is 1. The summed E-state index contributed by atoms with van der Waals surface area (Å²) >= 11 is 0. The number of carbonyl (C=O) groups is 2. The van der Waals surface area contributed by atoms with Crippen molar-refractivity contribution in [2.45, 2.75) is 71.0 Å². The standard InChI is InChI=1S/C23H33N5O3/c1-17(2)24-23(30)21-16-27(26-25-21)14-12-19-8-4-5-13-28(19)22(29)11-10-18-7-6-9-20(15-18)31-3/h6-7,9,15-17,19H,4-5,8,10-14H2,1-3H3,(H,24,30)/t19-/m1/s1. The minimum Gasteiger partial charge on any atom is -0.497 e. The van der Waals surface area contributed by atoms with Gasteiger partial charge < -0.3 is 15.0 Å². The van der Waals surface area contributed by atoms with Crippen LogP contribution in [-0.2, 0) is 17.8 Å². The second kappa shape index (κ2) is 10.9. The molecule has 2 heterocycles. The van der Waals surface area contributed by atoms with Gasteiger partial charge in [-0.15, -0.1) is 5.10 Å². The largest absolute Gasteiger partial charge is 0.497 e. The summed E-state index contributed by atoms with van der Waals surface area (Å²) in [5.41, 5.74) is 1.43. The number of aromatic nitrogens is 3. The zero-order valence-corrected chi connectivity index (χ0v) is 18.7.